The van der Waals surface area contributed by atoms with Crippen molar-refractivity contribution in [3.05, 3.63) is 54.2 Å². The van der Waals surface area contributed by atoms with Gasteiger partial charge in [0.25, 0.3) is 5.91 Å². The molecule has 31 heavy (non-hydrogen) atoms. The number of carbonyl (C=O) groups excluding carboxylic acids is 3. The van der Waals surface area contributed by atoms with Crippen molar-refractivity contribution in [1.82, 2.24) is 15.2 Å². The Labute approximate surface area is 178 Å². The van der Waals surface area contributed by atoms with Gasteiger partial charge >= 0.3 is 6.03 Å². The van der Waals surface area contributed by atoms with E-state index in [0.717, 1.165) is 21.4 Å². The van der Waals surface area contributed by atoms with Gasteiger partial charge in [-0.3, -0.25) is 14.5 Å². The second-order valence-corrected chi connectivity index (χ2v) is 7.10. The number of rotatable bonds is 7. The zero-order valence-electron chi connectivity index (χ0n) is 17.1. The van der Waals surface area contributed by atoms with Crippen molar-refractivity contribution in [2.45, 2.75) is 12.5 Å². The molecule has 1 atom stereocenters. The molecule has 0 radical (unpaired) electrons. The van der Waals surface area contributed by atoms with Crippen LogP contribution in [0.4, 0.5) is 10.5 Å². The topological polar surface area (TPSA) is 113 Å². The predicted molar refractivity (Wildman–Crippen MR) is 114 cm³/mol. The fourth-order valence-corrected chi connectivity index (χ4v) is 3.63. The first-order valence-electron chi connectivity index (χ1n) is 9.69. The number of methoxy groups -OCH3 is 2. The molecule has 0 bridgehead atoms. The van der Waals surface area contributed by atoms with Crippen molar-refractivity contribution in [1.29, 1.82) is 0 Å². The summed E-state index contributed by atoms with van der Waals surface area (Å²) in [6.07, 6.45) is 2.16. The zero-order valence-corrected chi connectivity index (χ0v) is 17.1. The first-order chi connectivity index (χ1) is 15.0. The van der Waals surface area contributed by atoms with Gasteiger partial charge in [0.1, 0.15) is 24.1 Å². The van der Waals surface area contributed by atoms with E-state index in [1.165, 1.54) is 14.2 Å². The maximum atomic E-state index is 12.8. The molecular weight excluding hydrogens is 400 g/mol. The van der Waals surface area contributed by atoms with Crippen LogP contribution in [-0.2, 0) is 16.0 Å². The van der Waals surface area contributed by atoms with E-state index in [-0.39, 0.29) is 0 Å². The van der Waals surface area contributed by atoms with Crippen LogP contribution < -0.4 is 20.1 Å². The highest BCUT2D eigenvalue weighted by Crippen LogP contribution is 2.29. The second-order valence-electron chi connectivity index (χ2n) is 7.10. The van der Waals surface area contributed by atoms with E-state index in [1.54, 1.807) is 18.2 Å². The van der Waals surface area contributed by atoms with E-state index in [4.69, 9.17) is 9.47 Å². The van der Waals surface area contributed by atoms with Crippen LogP contribution in [0.2, 0.25) is 0 Å². The molecule has 3 N–H and O–H groups in total. The third kappa shape index (κ3) is 4.02. The van der Waals surface area contributed by atoms with E-state index < -0.39 is 30.4 Å². The molecule has 0 spiro atoms. The maximum Gasteiger partial charge on any atom is 0.325 e. The summed E-state index contributed by atoms with van der Waals surface area (Å²) in [6.45, 7) is -0.407. The molecule has 160 valence electrons. The largest absolute Gasteiger partial charge is 0.497 e. The van der Waals surface area contributed by atoms with E-state index in [9.17, 15) is 14.4 Å². The number of imide groups is 1. The Morgan fingerprint density at radius 1 is 1.13 bits per heavy atom. The van der Waals surface area contributed by atoms with Gasteiger partial charge in [-0.1, -0.05) is 18.2 Å². The first-order valence-corrected chi connectivity index (χ1v) is 9.69. The number of nitrogens with zero attached hydrogens (tertiary/aromatic N) is 1. The van der Waals surface area contributed by atoms with Crippen LogP contribution >= 0.6 is 0 Å². The van der Waals surface area contributed by atoms with Gasteiger partial charge < -0.3 is 25.1 Å². The summed E-state index contributed by atoms with van der Waals surface area (Å²) in [6, 6.07) is 11.4. The predicted octanol–water partition coefficient (Wildman–Crippen LogP) is 2.29. The number of hydrogen-bond acceptors (Lipinski definition) is 5. The fraction of sp³-hybridized carbons (Fsp3) is 0.227. The molecule has 1 aliphatic rings. The number of aromatic amines is 1. The van der Waals surface area contributed by atoms with Crippen molar-refractivity contribution < 1.29 is 23.9 Å². The van der Waals surface area contributed by atoms with Crippen LogP contribution in [-0.4, -0.2) is 54.5 Å². The number of H-pyrrole nitrogens is 1. The molecule has 1 aromatic heterocycles. The lowest BCUT2D eigenvalue weighted by Gasteiger charge is -2.15. The van der Waals surface area contributed by atoms with Crippen LogP contribution in [0.1, 0.15) is 5.56 Å². The Hall–Kier alpha value is -4.01. The minimum atomic E-state index is -0.731. The Morgan fingerprint density at radius 3 is 2.71 bits per heavy atom. The average molecular weight is 422 g/mol. The van der Waals surface area contributed by atoms with Gasteiger partial charge in [0.05, 0.1) is 19.9 Å². The van der Waals surface area contributed by atoms with Crippen LogP contribution in [0.3, 0.4) is 0 Å². The summed E-state index contributed by atoms with van der Waals surface area (Å²) in [4.78, 5) is 41.8. The molecule has 1 saturated heterocycles. The lowest BCUT2D eigenvalue weighted by molar-refractivity contribution is -0.130. The number of urea groups is 1. The monoisotopic (exact) mass is 422 g/mol. The molecule has 2 aromatic carbocycles. The smallest absolute Gasteiger partial charge is 0.325 e. The average Bonchev–Trinajstić information content (AvgIpc) is 3.30. The molecule has 1 unspecified atom stereocenters. The van der Waals surface area contributed by atoms with Crippen molar-refractivity contribution in [2.24, 2.45) is 0 Å². The molecule has 0 aliphatic carbocycles. The number of carbonyl (C=O) groups is 3. The second kappa shape index (κ2) is 8.39. The molecule has 9 nitrogen and oxygen atoms in total. The Kier molecular flexibility index (Phi) is 5.48. The molecule has 3 aromatic rings. The number of anilines is 1. The van der Waals surface area contributed by atoms with Gasteiger partial charge in [0.15, 0.2) is 0 Å². The summed E-state index contributed by atoms with van der Waals surface area (Å²) in [5.74, 6) is -0.000664. The van der Waals surface area contributed by atoms with E-state index in [0.29, 0.717) is 23.6 Å². The third-order valence-electron chi connectivity index (χ3n) is 5.19. The van der Waals surface area contributed by atoms with Crippen LogP contribution in [0.5, 0.6) is 11.5 Å². The Morgan fingerprint density at radius 2 is 1.94 bits per heavy atom. The van der Waals surface area contributed by atoms with Gasteiger partial charge in [-0.15, -0.1) is 0 Å². The quantitative estimate of drug-likeness (QED) is 0.506. The first kappa shape index (κ1) is 20.3. The number of fused-ring (bicyclic) bond motifs is 1. The van der Waals surface area contributed by atoms with E-state index in [2.05, 4.69) is 15.6 Å². The number of hydrogen-bond donors (Lipinski definition) is 3. The Bertz CT molecular complexity index is 1160. The van der Waals surface area contributed by atoms with Gasteiger partial charge in [-0.25, -0.2) is 4.79 Å². The van der Waals surface area contributed by atoms with Gasteiger partial charge in [0, 0.05) is 29.6 Å². The molecule has 9 heteroatoms. The van der Waals surface area contributed by atoms with Crippen LogP contribution in [0, 0.1) is 0 Å². The third-order valence-corrected chi connectivity index (χ3v) is 5.19. The molecule has 1 aliphatic heterocycles. The molecule has 1 fully saturated rings. The number of benzene rings is 2. The molecule has 0 saturated carbocycles. The SMILES string of the molecule is COc1ccc(OC)c(NC(=O)CN2C(=O)NC(Cc3c[nH]c4ccccc34)C2=O)c1. The summed E-state index contributed by atoms with van der Waals surface area (Å²) in [5.41, 5.74) is 2.26. The molecule has 4 rings (SSSR count). The van der Waals surface area contributed by atoms with Crippen molar-refractivity contribution in [2.75, 3.05) is 26.1 Å². The number of aromatic nitrogens is 1. The Balaban J connectivity index is 1.44. The van der Waals surface area contributed by atoms with Gasteiger partial charge in [0.2, 0.25) is 5.91 Å². The highest BCUT2D eigenvalue weighted by atomic mass is 16.5. The lowest BCUT2D eigenvalue weighted by atomic mass is 10.1. The highest BCUT2D eigenvalue weighted by molar-refractivity contribution is 6.08. The number of ether oxygens (including phenoxy) is 2. The molecular formula is C22H22N4O5. The van der Waals surface area contributed by atoms with Crippen molar-refractivity contribution >= 4 is 34.4 Å². The van der Waals surface area contributed by atoms with Crippen LogP contribution in [0.15, 0.2) is 48.7 Å². The summed E-state index contributed by atoms with van der Waals surface area (Å²) >= 11 is 0. The number of amides is 4. The minimum absolute atomic E-state index is 0.330. The standard InChI is InChI=1S/C22H22N4O5/c1-30-14-7-8-19(31-2)17(10-14)24-20(27)12-26-21(28)18(25-22(26)29)9-13-11-23-16-6-4-3-5-15(13)16/h3-8,10-11,18,23H,9,12H2,1-2H3,(H,24,27)(H,25,29). The van der Waals surface area contributed by atoms with E-state index >= 15 is 0 Å². The van der Waals surface area contributed by atoms with Crippen molar-refractivity contribution in [3.63, 3.8) is 0 Å². The van der Waals surface area contributed by atoms with Crippen LogP contribution in [0.25, 0.3) is 10.9 Å². The normalized spacial score (nSPS) is 15.8. The molecule has 2 heterocycles. The van der Waals surface area contributed by atoms with Crippen molar-refractivity contribution in [3.8, 4) is 11.5 Å². The lowest BCUT2D eigenvalue weighted by Crippen LogP contribution is -2.38. The van der Waals surface area contributed by atoms with Gasteiger partial charge in [-0.05, 0) is 23.8 Å². The number of para-hydroxylation sites is 1. The maximum absolute atomic E-state index is 12.8. The minimum Gasteiger partial charge on any atom is -0.497 e. The summed E-state index contributed by atoms with van der Waals surface area (Å²) < 4.78 is 10.4. The summed E-state index contributed by atoms with van der Waals surface area (Å²) in [7, 11) is 2.98. The highest BCUT2D eigenvalue weighted by Gasteiger charge is 2.39. The molecule has 4 amide bonds. The summed E-state index contributed by atoms with van der Waals surface area (Å²) in [5, 5.41) is 6.32. The fourth-order valence-electron chi connectivity index (χ4n) is 3.63. The zero-order chi connectivity index (χ0) is 22.0. The van der Waals surface area contributed by atoms with E-state index in [1.807, 2.05) is 30.5 Å². The number of nitrogens with one attached hydrogen (secondary N) is 3. The van der Waals surface area contributed by atoms with Gasteiger partial charge in [-0.2, -0.15) is 0 Å².